The summed E-state index contributed by atoms with van der Waals surface area (Å²) < 4.78 is 0.829. The van der Waals surface area contributed by atoms with E-state index in [0.29, 0.717) is 11.8 Å². The molecule has 0 radical (unpaired) electrons. The first kappa shape index (κ1) is 20.7. The van der Waals surface area contributed by atoms with Gasteiger partial charge in [0.2, 0.25) is 11.8 Å². The number of anilines is 1. The minimum absolute atomic E-state index is 0.0631. The number of nitrogens with one attached hydrogen (secondary N) is 2. The molecule has 0 atom stereocenters. The Bertz CT molecular complexity index is 996. The summed E-state index contributed by atoms with van der Waals surface area (Å²) in [4.78, 5) is 30.6. The van der Waals surface area contributed by atoms with Crippen molar-refractivity contribution in [2.75, 3.05) is 11.1 Å². The Hall–Kier alpha value is -1.86. The monoisotopic (exact) mass is 467 g/mol. The Kier molecular flexibility index (Phi) is 5.29. The van der Waals surface area contributed by atoms with E-state index in [-0.39, 0.29) is 17.2 Å². The maximum Gasteiger partial charge on any atom is 0.231 e. The molecular formula is C25H29N3O2S2. The first-order valence-electron chi connectivity index (χ1n) is 11.9. The fraction of sp³-hybridized carbons (Fsp3) is 0.560. The summed E-state index contributed by atoms with van der Waals surface area (Å²) in [6.07, 6.45) is 9.30. The molecule has 2 aromatic rings. The van der Waals surface area contributed by atoms with Gasteiger partial charge in [0.1, 0.15) is 10.7 Å². The normalized spacial score (nSPS) is 30.3. The van der Waals surface area contributed by atoms with Crippen molar-refractivity contribution in [1.29, 1.82) is 0 Å². The quantitative estimate of drug-likeness (QED) is 0.540. The highest BCUT2D eigenvalue weighted by molar-refractivity contribution is 8.01. The number of thioether (sulfide) groups is 1. The molecule has 5 nitrogen and oxygen atoms in total. The van der Waals surface area contributed by atoms with Crippen molar-refractivity contribution in [3.05, 3.63) is 30.3 Å². The van der Waals surface area contributed by atoms with E-state index in [2.05, 4.69) is 10.6 Å². The molecular weight excluding hydrogens is 438 g/mol. The van der Waals surface area contributed by atoms with Crippen LogP contribution in [0.5, 0.6) is 0 Å². The minimum Gasteiger partial charge on any atom is -0.353 e. The van der Waals surface area contributed by atoms with Gasteiger partial charge in [0, 0.05) is 11.6 Å². The van der Waals surface area contributed by atoms with Gasteiger partial charge in [0.05, 0.1) is 11.2 Å². The zero-order valence-corrected chi connectivity index (χ0v) is 19.8. The number of hydrogen-bond acceptors (Lipinski definition) is 5. The minimum atomic E-state index is -0.190. The number of nitrogens with zero attached hydrogens (tertiary/aromatic N) is 1. The van der Waals surface area contributed by atoms with Crippen molar-refractivity contribution in [2.45, 2.75) is 61.7 Å². The lowest BCUT2D eigenvalue weighted by Crippen LogP contribution is -2.51. The summed E-state index contributed by atoms with van der Waals surface area (Å²) in [6, 6.07) is 10.4. The van der Waals surface area contributed by atoms with Crippen molar-refractivity contribution in [3.63, 3.8) is 0 Å². The molecule has 5 aliphatic carbocycles. The molecule has 1 aromatic carbocycles. The van der Waals surface area contributed by atoms with Crippen molar-refractivity contribution >= 4 is 39.9 Å². The van der Waals surface area contributed by atoms with Gasteiger partial charge in [0.15, 0.2) is 4.34 Å². The predicted octanol–water partition coefficient (Wildman–Crippen LogP) is 5.34. The average Bonchev–Trinajstić information content (AvgIpc) is 3.49. The van der Waals surface area contributed by atoms with Crippen LogP contribution in [0.4, 0.5) is 5.00 Å². The first-order chi connectivity index (χ1) is 15.6. The van der Waals surface area contributed by atoms with Crippen LogP contribution in [0.1, 0.15) is 51.4 Å². The Balaban J connectivity index is 1.22. The molecule has 5 fully saturated rings. The molecule has 0 aliphatic heterocycles. The Morgan fingerprint density at radius 2 is 1.69 bits per heavy atom. The number of hydrogen-bond donors (Lipinski definition) is 2. The van der Waals surface area contributed by atoms with Gasteiger partial charge in [-0.05, 0) is 69.1 Å². The highest BCUT2D eigenvalue weighted by atomic mass is 32.2. The SMILES string of the molecule is O=C(CSc1nc(-c2ccccc2)c(NC(=O)C23CC4CC(CC(C4)C2)C3)s1)NC1CC1. The number of carbonyl (C=O) groups excluding carboxylic acids is 2. The number of amides is 2. The molecule has 0 saturated heterocycles. The summed E-state index contributed by atoms with van der Waals surface area (Å²) in [6.45, 7) is 0. The van der Waals surface area contributed by atoms with Gasteiger partial charge >= 0.3 is 0 Å². The maximum atomic E-state index is 13.7. The molecule has 2 amide bonds. The molecule has 7 rings (SSSR count). The van der Waals surface area contributed by atoms with Crippen LogP contribution in [-0.4, -0.2) is 28.6 Å². The average molecular weight is 468 g/mol. The number of aromatic nitrogens is 1. The van der Waals surface area contributed by atoms with Crippen molar-refractivity contribution in [1.82, 2.24) is 10.3 Å². The van der Waals surface area contributed by atoms with E-state index < -0.39 is 0 Å². The number of carbonyl (C=O) groups is 2. The van der Waals surface area contributed by atoms with Crippen LogP contribution in [0.2, 0.25) is 0 Å². The molecule has 0 unspecified atom stereocenters. The summed E-state index contributed by atoms with van der Waals surface area (Å²) in [5, 5.41) is 7.17. The molecule has 1 heterocycles. The molecule has 0 spiro atoms. The third-order valence-electron chi connectivity index (χ3n) is 7.67. The van der Waals surface area contributed by atoms with E-state index in [1.807, 2.05) is 30.3 Å². The predicted molar refractivity (Wildman–Crippen MR) is 129 cm³/mol. The molecule has 32 heavy (non-hydrogen) atoms. The molecule has 5 aliphatic rings. The first-order valence-corrected chi connectivity index (χ1v) is 13.7. The summed E-state index contributed by atoms with van der Waals surface area (Å²) in [5.74, 6) is 2.82. The second kappa shape index (κ2) is 8.17. The standard InChI is InChI=1S/C25H29N3O2S2/c29-20(26-19-6-7-19)14-31-24-27-21(18-4-2-1-3-5-18)22(32-24)28-23(30)25-11-15-8-16(12-25)10-17(9-15)13-25/h1-5,15-17,19H,6-14H2,(H,26,29)(H,28,30). The molecule has 2 N–H and O–H groups in total. The van der Waals surface area contributed by atoms with Gasteiger partial charge in [0.25, 0.3) is 0 Å². The second-order valence-corrected chi connectivity index (χ2v) is 12.5. The van der Waals surface area contributed by atoms with Crippen molar-refractivity contribution in [3.8, 4) is 11.3 Å². The molecule has 168 valence electrons. The van der Waals surface area contributed by atoms with Crippen LogP contribution < -0.4 is 10.6 Å². The fourth-order valence-corrected chi connectivity index (χ4v) is 8.36. The maximum absolute atomic E-state index is 13.7. The Morgan fingerprint density at radius 3 is 2.31 bits per heavy atom. The lowest BCUT2D eigenvalue weighted by molar-refractivity contribution is -0.140. The van der Waals surface area contributed by atoms with E-state index in [4.69, 9.17) is 4.98 Å². The lowest BCUT2D eigenvalue weighted by Gasteiger charge is -2.55. The third-order valence-corrected chi connectivity index (χ3v) is 9.78. The van der Waals surface area contributed by atoms with E-state index in [0.717, 1.165) is 70.5 Å². The van der Waals surface area contributed by atoms with Crippen molar-refractivity contribution < 1.29 is 9.59 Å². The number of benzene rings is 1. The van der Waals surface area contributed by atoms with Crippen LogP contribution in [0.3, 0.4) is 0 Å². The Morgan fingerprint density at radius 1 is 1.03 bits per heavy atom. The highest BCUT2D eigenvalue weighted by Crippen LogP contribution is 2.60. The van der Waals surface area contributed by atoms with Crippen LogP contribution in [0.25, 0.3) is 11.3 Å². The van der Waals surface area contributed by atoms with Gasteiger partial charge in [-0.2, -0.15) is 0 Å². The fourth-order valence-electron chi connectivity index (χ4n) is 6.49. The Labute approximate surface area is 197 Å². The molecule has 5 saturated carbocycles. The van der Waals surface area contributed by atoms with Gasteiger partial charge < -0.3 is 10.6 Å². The van der Waals surface area contributed by atoms with Gasteiger partial charge in [-0.15, -0.1) is 0 Å². The zero-order valence-electron chi connectivity index (χ0n) is 18.1. The molecule has 7 heteroatoms. The molecule has 4 bridgehead atoms. The number of thiazole rings is 1. The highest BCUT2D eigenvalue weighted by Gasteiger charge is 2.54. The largest absolute Gasteiger partial charge is 0.353 e. The molecule has 1 aromatic heterocycles. The van der Waals surface area contributed by atoms with E-state index in [9.17, 15) is 9.59 Å². The van der Waals surface area contributed by atoms with Crippen LogP contribution in [0, 0.1) is 23.2 Å². The van der Waals surface area contributed by atoms with Crippen LogP contribution >= 0.6 is 23.1 Å². The summed E-state index contributed by atoms with van der Waals surface area (Å²) in [5.41, 5.74) is 1.63. The van der Waals surface area contributed by atoms with E-state index in [1.165, 1.54) is 42.4 Å². The number of rotatable bonds is 7. The zero-order chi connectivity index (χ0) is 21.7. The van der Waals surface area contributed by atoms with E-state index in [1.54, 1.807) is 0 Å². The topological polar surface area (TPSA) is 71.1 Å². The lowest BCUT2D eigenvalue weighted by atomic mass is 9.49. The van der Waals surface area contributed by atoms with Crippen LogP contribution in [0.15, 0.2) is 34.7 Å². The second-order valence-electron chi connectivity index (χ2n) is 10.3. The summed E-state index contributed by atoms with van der Waals surface area (Å²) >= 11 is 2.96. The van der Waals surface area contributed by atoms with Crippen LogP contribution in [-0.2, 0) is 9.59 Å². The van der Waals surface area contributed by atoms with Gasteiger partial charge in [-0.25, -0.2) is 4.98 Å². The van der Waals surface area contributed by atoms with E-state index >= 15 is 0 Å². The van der Waals surface area contributed by atoms with Gasteiger partial charge in [-0.1, -0.05) is 53.4 Å². The smallest absolute Gasteiger partial charge is 0.231 e. The van der Waals surface area contributed by atoms with Crippen molar-refractivity contribution in [2.24, 2.45) is 23.2 Å². The third kappa shape index (κ3) is 4.10. The summed E-state index contributed by atoms with van der Waals surface area (Å²) in [7, 11) is 0. The van der Waals surface area contributed by atoms with Gasteiger partial charge in [-0.3, -0.25) is 9.59 Å².